The van der Waals surface area contributed by atoms with Crippen LogP contribution in [0.2, 0.25) is 0 Å². The number of hydrogen-bond acceptors (Lipinski definition) is 4. The summed E-state index contributed by atoms with van der Waals surface area (Å²) in [7, 11) is -3.19. The SMILES string of the molecule is CS(=O)(=O)NC1CCN(C(=O)CCCc2cccs2)C1. The molecular formula is C13H20N2O3S2. The van der Waals surface area contributed by atoms with E-state index in [1.807, 2.05) is 11.4 Å². The molecule has 1 aliphatic heterocycles. The number of nitrogens with one attached hydrogen (secondary N) is 1. The molecule has 5 nitrogen and oxygen atoms in total. The Kier molecular flexibility index (Phi) is 5.17. The van der Waals surface area contributed by atoms with Crippen LogP contribution in [-0.2, 0) is 21.2 Å². The van der Waals surface area contributed by atoms with Crippen LogP contribution >= 0.6 is 11.3 Å². The van der Waals surface area contributed by atoms with Crippen LogP contribution < -0.4 is 4.72 Å². The highest BCUT2D eigenvalue weighted by Gasteiger charge is 2.27. The second kappa shape index (κ2) is 6.69. The van der Waals surface area contributed by atoms with E-state index in [0.29, 0.717) is 25.9 Å². The van der Waals surface area contributed by atoms with E-state index in [9.17, 15) is 13.2 Å². The fourth-order valence-electron chi connectivity index (χ4n) is 2.41. The summed E-state index contributed by atoms with van der Waals surface area (Å²) >= 11 is 1.71. The minimum Gasteiger partial charge on any atom is -0.341 e. The number of aryl methyl sites for hydroxylation is 1. The lowest BCUT2D eigenvalue weighted by molar-refractivity contribution is -0.130. The topological polar surface area (TPSA) is 66.5 Å². The molecule has 20 heavy (non-hydrogen) atoms. The first-order valence-corrected chi connectivity index (χ1v) is 9.48. The monoisotopic (exact) mass is 316 g/mol. The van der Waals surface area contributed by atoms with Gasteiger partial charge in [-0.1, -0.05) is 6.07 Å². The van der Waals surface area contributed by atoms with Gasteiger partial charge < -0.3 is 4.90 Å². The maximum absolute atomic E-state index is 12.0. The fourth-order valence-corrected chi connectivity index (χ4v) is 3.96. The maximum atomic E-state index is 12.0. The van der Waals surface area contributed by atoms with Crippen molar-refractivity contribution in [2.75, 3.05) is 19.3 Å². The molecule has 1 fully saturated rings. The summed E-state index contributed by atoms with van der Waals surface area (Å²) in [5.41, 5.74) is 0. The van der Waals surface area contributed by atoms with Crippen LogP contribution in [0.25, 0.3) is 0 Å². The number of nitrogens with zero attached hydrogens (tertiary/aromatic N) is 1. The van der Waals surface area contributed by atoms with Crippen LogP contribution in [0.1, 0.15) is 24.1 Å². The Labute approximate surface area is 124 Å². The highest BCUT2D eigenvalue weighted by Crippen LogP contribution is 2.15. The van der Waals surface area contributed by atoms with Crippen molar-refractivity contribution < 1.29 is 13.2 Å². The number of sulfonamides is 1. The molecule has 1 N–H and O–H groups in total. The molecule has 2 heterocycles. The smallest absolute Gasteiger partial charge is 0.222 e. The molecule has 112 valence electrons. The van der Waals surface area contributed by atoms with Gasteiger partial charge in [0.05, 0.1) is 6.26 Å². The number of carbonyl (C=O) groups is 1. The van der Waals surface area contributed by atoms with E-state index in [2.05, 4.69) is 10.8 Å². The van der Waals surface area contributed by atoms with Crippen molar-refractivity contribution in [1.29, 1.82) is 0 Å². The summed E-state index contributed by atoms with van der Waals surface area (Å²) in [6, 6.07) is 3.96. The van der Waals surface area contributed by atoms with Gasteiger partial charge >= 0.3 is 0 Å². The third kappa shape index (κ3) is 4.88. The van der Waals surface area contributed by atoms with E-state index >= 15 is 0 Å². The van der Waals surface area contributed by atoms with Crippen LogP contribution in [0.3, 0.4) is 0 Å². The van der Waals surface area contributed by atoms with Crippen molar-refractivity contribution in [3.05, 3.63) is 22.4 Å². The summed E-state index contributed by atoms with van der Waals surface area (Å²) in [5.74, 6) is 0.124. The van der Waals surface area contributed by atoms with Crippen LogP contribution in [0, 0.1) is 0 Å². The van der Waals surface area contributed by atoms with Gasteiger partial charge in [-0.05, 0) is 30.7 Å². The second-order valence-electron chi connectivity index (χ2n) is 5.15. The van der Waals surface area contributed by atoms with Crippen molar-refractivity contribution in [3.63, 3.8) is 0 Å². The van der Waals surface area contributed by atoms with Gasteiger partial charge in [-0.3, -0.25) is 4.79 Å². The Bertz CT molecular complexity index is 540. The Morgan fingerprint density at radius 2 is 2.35 bits per heavy atom. The number of hydrogen-bond donors (Lipinski definition) is 1. The molecule has 0 aromatic carbocycles. The molecule has 0 saturated carbocycles. The Morgan fingerprint density at radius 1 is 1.55 bits per heavy atom. The maximum Gasteiger partial charge on any atom is 0.222 e. The Hall–Kier alpha value is -0.920. The first kappa shape index (κ1) is 15.5. The zero-order chi connectivity index (χ0) is 14.6. The molecule has 1 atom stereocenters. The van der Waals surface area contributed by atoms with E-state index in [4.69, 9.17) is 0 Å². The van der Waals surface area contributed by atoms with Crippen LogP contribution in [0.15, 0.2) is 17.5 Å². The van der Waals surface area contributed by atoms with Gasteiger partial charge in [0.1, 0.15) is 0 Å². The average molecular weight is 316 g/mol. The lowest BCUT2D eigenvalue weighted by atomic mass is 10.2. The van der Waals surface area contributed by atoms with Crippen LogP contribution in [0.4, 0.5) is 0 Å². The third-order valence-electron chi connectivity index (χ3n) is 3.32. The minimum atomic E-state index is -3.19. The van der Waals surface area contributed by atoms with E-state index in [0.717, 1.165) is 19.1 Å². The molecule has 0 bridgehead atoms. The Morgan fingerprint density at radius 3 is 3.00 bits per heavy atom. The molecule has 1 unspecified atom stereocenters. The van der Waals surface area contributed by atoms with Crippen molar-refractivity contribution >= 4 is 27.3 Å². The normalized spacial score (nSPS) is 19.4. The number of rotatable bonds is 6. The second-order valence-corrected chi connectivity index (χ2v) is 7.96. The van der Waals surface area contributed by atoms with E-state index in [1.54, 1.807) is 16.2 Å². The van der Waals surface area contributed by atoms with E-state index < -0.39 is 10.0 Å². The summed E-state index contributed by atoms with van der Waals surface area (Å²) in [4.78, 5) is 15.1. The average Bonchev–Trinajstić information content (AvgIpc) is 2.98. The predicted octanol–water partition coefficient (Wildman–Crippen LogP) is 1.22. The van der Waals surface area contributed by atoms with E-state index in [1.165, 1.54) is 4.88 Å². The first-order valence-electron chi connectivity index (χ1n) is 6.71. The predicted molar refractivity (Wildman–Crippen MR) is 80.2 cm³/mol. The van der Waals surface area contributed by atoms with Gasteiger partial charge in [-0.25, -0.2) is 13.1 Å². The molecule has 0 aliphatic carbocycles. The Balaban J connectivity index is 1.71. The molecule has 0 radical (unpaired) electrons. The van der Waals surface area contributed by atoms with Gasteiger partial charge in [0.25, 0.3) is 0 Å². The summed E-state index contributed by atoms with van der Waals surface area (Å²) < 4.78 is 24.9. The largest absolute Gasteiger partial charge is 0.341 e. The van der Waals surface area contributed by atoms with Crippen molar-refractivity contribution in [1.82, 2.24) is 9.62 Å². The van der Waals surface area contributed by atoms with Crippen LogP contribution in [-0.4, -0.2) is 44.6 Å². The van der Waals surface area contributed by atoms with Gasteiger partial charge in [-0.15, -0.1) is 11.3 Å². The van der Waals surface area contributed by atoms with Gasteiger partial charge in [0.2, 0.25) is 15.9 Å². The molecule has 1 aromatic rings. The van der Waals surface area contributed by atoms with Crippen molar-refractivity contribution in [3.8, 4) is 0 Å². The molecule has 1 amide bonds. The summed E-state index contributed by atoms with van der Waals surface area (Å²) in [6.45, 7) is 1.13. The molecular weight excluding hydrogens is 296 g/mol. The summed E-state index contributed by atoms with van der Waals surface area (Å²) in [5, 5.41) is 2.04. The van der Waals surface area contributed by atoms with Gasteiger partial charge in [-0.2, -0.15) is 0 Å². The summed E-state index contributed by atoms with van der Waals surface area (Å²) in [6.07, 6.45) is 4.16. The quantitative estimate of drug-likeness (QED) is 0.858. The van der Waals surface area contributed by atoms with Gasteiger partial charge in [0, 0.05) is 30.4 Å². The van der Waals surface area contributed by atoms with Crippen molar-refractivity contribution in [2.45, 2.75) is 31.7 Å². The molecule has 1 saturated heterocycles. The number of likely N-dealkylation sites (tertiary alicyclic amines) is 1. The molecule has 1 aliphatic rings. The number of carbonyl (C=O) groups excluding carboxylic acids is 1. The number of thiophene rings is 1. The first-order chi connectivity index (χ1) is 9.44. The molecule has 1 aromatic heterocycles. The lowest BCUT2D eigenvalue weighted by Crippen LogP contribution is -2.37. The third-order valence-corrected chi connectivity index (χ3v) is 5.01. The fraction of sp³-hybridized carbons (Fsp3) is 0.615. The molecule has 0 spiro atoms. The highest BCUT2D eigenvalue weighted by atomic mass is 32.2. The molecule has 7 heteroatoms. The number of amides is 1. The van der Waals surface area contributed by atoms with E-state index in [-0.39, 0.29) is 11.9 Å². The lowest BCUT2D eigenvalue weighted by Gasteiger charge is -2.16. The highest BCUT2D eigenvalue weighted by molar-refractivity contribution is 7.88. The van der Waals surface area contributed by atoms with Gasteiger partial charge in [0.15, 0.2) is 0 Å². The zero-order valence-electron chi connectivity index (χ0n) is 11.5. The standard InChI is InChI=1S/C13H20N2O3S2/c1-20(17,18)14-11-7-8-15(10-11)13(16)6-2-4-12-5-3-9-19-12/h3,5,9,11,14H,2,4,6-8,10H2,1H3. The van der Waals surface area contributed by atoms with Crippen molar-refractivity contribution in [2.24, 2.45) is 0 Å². The molecule has 2 rings (SSSR count). The minimum absolute atomic E-state index is 0.124. The van der Waals surface area contributed by atoms with Crippen LogP contribution in [0.5, 0.6) is 0 Å². The zero-order valence-corrected chi connectivity index (χ0v) is 13.2.